The van der Waals surface area contributed by atoms with Crippen LogP contribution in [-0.4, -0.2) is 45.7 Å². The fourth-order valence-electron chi connectivity index (χ4n) is 3.24. The van der Waals surface area contributed by atoms with E-state index in [9.17, 15) is 4.79 Å². The summed E-state index contributed by atoms with van der Waals surface area (Å²) in [5, 5.41) is 6.60. The molecule has 0 radical (unpaired) electrons. The summed E-state index contributed by atoms with van der Waals surface area (Å²) in [6.07, 6.45) is 0.786. The van der Waals surface area contributed by atoms with Crippen LogP contribution in [0.2, 0.25) is 0 Å². The third kappa shape index (κ3) is 6.01. The number of aliphatic imine (C=N–C) groups is 1. The molecular formula is C22H29IN4O3. The Labute approximate surface area is 194 Å². The number of rotatable bonds is 7. The summed E-state index contributed by atoms with van der Waals surface area (Å²) in [6, 6.07) is 13.8. The first-order valence-corrected chi connectivity index (χ1v) is 9.72. The third-order valence-electron chi connectivity index (χ3n) is 4.77. The number of nitrogens with zero attached hydrogens (tertiary/aromatic N) is 2. The predicted octanol–water partition coefficient (Wildman–Crippen LogP) is 3.10. The van der Waals surface area contributed by atoms with Gasteiger partial charge in [-0.3, -0.25) is 9.79 Å². The normalized spacial score (nSPS) is 13.1. The molecule has 1 amide bonds. The second-order valence-electron chi connectivity index (χ2n) is 6.82. The van der Waals surface area contributed by atoms with E-state index in [-0.39, 0.29) is 36.5 Å². The van der Waals surface area contributed by atoms with Gasteiger partial charge in [0.05, 0.1) is 12.8 Å². The zero-order chi connectivity index (χ0) is 20.6. The van der Waals surface area contributed by atoms with E-state index >= 15 is 0 Å². The molecule has 0 aliphatic carbocycles. The first-order chi connectivity index (χ1) is 14.1. The van der Waals surface area contributed by atoms with Crippen LogP contribution in [0.25, 0.3) is 0 Å². The van der Waals surface area contributed by atoms with E-state index in [4.69, 9.17) is 9.47 Å². The van der Waals surface area contributed by atoms with E-state index in [1.54, 1.807) is 19.1 Å². The summed E-state index contributed by atoms with van der Waals surface area (Å²) >= 11 is 0. The molecule has 1 aliphatic rings. The number of halogens is 1. The highest BCUT2D eigenvalue weighted by Gasteiger charge is 2.24. The quantitative estimate of drug-likeness (QED) is 0.252. The molecule has 3 rings (SSSR count). The summed E-state index contributed by atoms with van der Waals surface area (Å²) in [5.74, 6) is 2.31. The molecule has 0 unspecified atom stereocenters. The number of nitrogens with one attached hydrogen (secondary N) is 2. The molecule has 30 heavy (non-hydrogen) atoms. The second-order valence-corrected chi connectivity index (χ2v) is 6.82. The van der Waals surface area contributed by atoms with Crippen LogP contribution in [0.15, 0.2) is 47.5 Å². The van der Waals surface area contributed by atoms with Crippen LogP contribution in [0.1, 0.15) is 17.5 Å². The molecule has 162 valence electrons. The van der Waals surface area contributed by atoms with Gasteiger partial charge < -0.3 is 25.0 Å². The summed E-state index contributed by atoms with van der Waals surface area (Å²) < 4.78 is 10.9. The highest BCUT2D eigenvalue weighted by atomic mass is 127. The Hall–Kier alpha value is -2.49. The lowest BCUT2D eigenvalue weighted by Crippen LogP contribution is -2.42. The Morgan fingerprint density at radius 3 is 2.80 bits per heavy atom. The van der Waals surface area contributed by atoms with Gasteiger partial charge in [0.15, 0.2) is 12.6 Å². The van der Waals surface area contributed by atoms with Gasteiger partial charge in [-0.2, -0.15) is 0 Å². The maximum Gasteiger partial charge on any atom is 0.265 e. The van der Waals surface area contributed by atoms with Crippen LogP contribution in [0.3, 0.4) is 0 Å². The van der Waals surface area contributed by atoms with Crippen LogP contribution in [0.4, 0.5) is 5.69 Å². The van der Waals surface area contributed by atoms with E-state index < -0.39 is 0 Å². The minimum Gasteiger partial charge on any atom is -0.496 e. The lowest BCUT2D eigenvalue weighted by molar-refractivity contribution is -0.121. The van der Waals surface area contributed by atoms with Crippen LogP contribution >= 0.6 is 24.0 Å². The van der Waals surface area contributed by atoms with Crippen molar-refractivity contribution in [3.05, 3.63) is 53.6 Å². The third-order valence-corrected chi connectivity index (χ3v) is 4.77. The molecule has 0 atom stereocenters. The first kappa shape index (κ1) is 23.8. The van der Waals surface area contributed by atoms with Crippen molar-refractivity contribution in [3.63, 3.8) is 0 Å². The minimum absolute atomic E-state index is 0. The summed E-state index contributed by atoms with van der Waals surface area (Å²) in [5.41, 5.74) is 3.06. The van der Waals surface area contributed by atoms with E-state index in [0.717, 1.165) is 34.7 Å². The zero-order valence-electron chi connectivity index (χ0n) is 17.6. The van der Waals surface area contributed by atoms with Crippen molar-refractivity contribution in [3.8, 4) is 11.5 Å². The van der Waals surface area contributed by atoms with Crippen LogP contribution in [0, 0.1) is 6.92 Å². The van der Waals surface area contributed by atoms with Crippen molar-refractivity contribution < 1.29 is 14.3 Å². The molecule has 0 saturated carbocycles. The average molecular weight is 524 g/mol. The standard InChI is InChI=1S/C22H28N4O3.HI/c1-16-9-10-17(20(13-16)28-3)14-25-22(23-2)24-11-6-12-26-18-7-4-5-8-19(18)29-15-21(26)27;/h4-5,7-10,13H,6,11-12,14-15H2,1-3H3,(H2,23,24,25);1H. The molecule has 2 aromatic carbocycles. The van der Waals surface area contributed by atoms with E-state index in [1.807, 2.05) is 37.3 Å². The number of hydrogen-bond donors (Lipinski definition) is 2. The molecule has 2 N–H and O–H groups in total. The van der Waals surface area contributed by atoms with Crippen molar-refractivity contribution in [1.82, 2.24) is 10.6 Å². The summed E-state index contributed by atoms with van der Waals surface area (Å²) in [4.78, 5) is 18.3. The van der Waals surface area contributed by atoms with Crippen LogP contribution < -0.4 is 25.0 Å². The van der Waals surface area contributed by atoms with E-state index in [1.165, 1.54) is 0 Å². The molecule has 1 heterocycles. The minimum atomic E-state index is -0.0160. The van der Waals surface area contributed by atoms with Crippen molar-refractivity contribution in [2.45, 2.75) is 19.9 Å². The summed E-state index contributed by atoms with van der Waals surface area (Å²) in [7, 11) is 3.42. The maximum absolute atomic E-state index is 12.2. The number of amides is 1. The molecule has 0 fully saturated rings. The monoisotopic (exact) mass is 524 g/mol. The molecule has 2 aromatic rings. The molecule has 8 heteroatoms. The van der Waals surface area contributed by atoms with Crippen molar-refractivity contribution in [2.24, 2.45) is 4.99 Å². The van der Waals surface area contributed by atoms with Gasteiger partial charge >= 0.3 is 0 Å². The molecule has 1 aliphatic heterocycles. The Morgan fingerprint density at radius 1 is 1.23 bits per heavy atom. The number of hydrogen-bond acceptors (Lipinski definition) is 4. The molecule has 0 aromatic heterocycles. The lowest BCUT2D eigenvalue weighted by atomic mass is 10.1. The van der Waals surface area contributed by atoms with Gasteiger partial charge in [-0.05, 0) is 37.1 Å². The van der Waals surface area contributed by atoms with Crippen LogP contribution in [-0.2, 0) is 11.3 Å². The second kappa shape index (κ2) is 11.6. The van der Waals surface area contributed by atoms with Gasteiger partial charge in [0.1, 0.15) is 11.5 Å². The number of carbonyl (C=O) groups is 1. The molecule has 0 saturated heterocycles. The Kier molecular flexibility index (Phi) is 9.22. The average Bonchev–Trinajstić information content (AvgIpc) is 2.75. The predicted molar refractivity (Wildman–Crippen MR) is 130 cm³/mol. The number of carbonyl (C=O) groups excluding carboxylic acids is 1. The summed E-state index contributed by atoms with van der Waals surface area (Å²) in [6.45, 7) is 4.05. The van der Waals surface area contributed by atoms with Crippen molar-refractivity contribution >= 4 is 41.5 Å². The Balaban J connectivity index is 0.00000320. The van der Waals surface area contributed by atoms with Gasteiger partial charge in [-0.1, -0.05) is 24.3 Å². The fraction of sp³-hybridized carbons (Fsp3) is 0.364. The number of para-hydroxylation sites is 2. The van der Waals surface area contributed by atoms with Gasteiger partial charge in [0.2, 0.25) is 0 Å². The number of ether oxygens (including phenoxy) is 2. The number of guanidine groups is 1. The largest absolute Gasteiger partial charge is 0.496 e. The van der Waals surface area contributed by atoms with Crippen molar-refractivity contribution in [2.75, 3.05) is 38.8 Å². The van der Waals surface area contributed by atoms with E-state index in [0.29, 0.717) is 25.6 Å². The highest BCUT2D eigenvalue weighted by molar-refractivity contribution is 14.0. The topological polar surface area (TPSA) is 75.2 Å². The highest BCUT2D eigenvalue weighted by Crippen LogP contribution is 2.31. The molecule has 7 nitrogen and oxygen atoms in total. The Bertz CT molecular complexity index is 888. The maximum atomic E-state index is 12.2. The number of fused-ring (bicyclic) bond motifs is 1. The van der Waals surface area contributed by atoms with E-state index in [2.05, 4.69) is 27.8 Å². The Morgan fingerprint density at radius 2 is 2.03 bits per heavy atom. The van der Waals surface area contributed by atoms with Gasteiger partial charge in [-0.25, -0.2) is 0 Å². The first-order valence-electron chi connectivity index (χ1n) is 9.72. The van der Waals surface area contributed by atoms with Crippen molar-refractivity contribution in [1.29, 1.82) is 0 Å². The number of methoxy groups -OCH3 is 1. The van der Waals surface area contributed by atoms with Gasteiger partial charge in [-0.15, -0.1) is 24.0 Å². The number of anilines is 1. The number of aryl methyl sites for hydroxylation is 1. The van der Waals surface area contributed by atoms with Gasteiger partial charge in [0.25, 0.3) is 5.91 Å². The molecular weight excluding hydrogens is 495 g/mol. The van der Waals surface area contributed by atoms with Crippen LogP contribution in [0.5, 0.6) is 11.5 Å². The lowest BCUT2D eigenvalue weighted by Gasteiger charge is -2.29. The SMILES string of the molecule is CN=C(NCCCN1C(=O)COc2ccccc21)NCc1ccc(C)cc1OC.I. The molecule has 0 spiro atoms. The number of benzene rings is 2. The fourth-order valence-corrected chi connectivity index (χ4v) is 3.24. The smallest absolute Gasteiger partial charge is 0.265 e. The van der Waals surface area contributed by atoms with Gasteiger partial charge in [0, 0.05) is 32.2 Å². The zero-order valence-corrected chi connectivity index (χ0v) is 19.9. The molecule has 0 bridgehead atoms.